The molecule has 0 saturated carbocycles. The molecule has 0 aliphatic carbocycles. The Hall–Kier alpha value is -2.69. The van der Waals surface area contributed by atoms with Crippen LogP contribution in [0.4, 0.5) is 4.39 Å². The van der Waals surface area contributed by atoms with Crippen molar-refractivity contribution in [3.05, 3.63) is 71.0 Å². The third-order valence-electron chi connectivity index (χ3n) is 3.51. The molecule has 5 heteroatoms. The van der Waals surface area contributed by atoms with E-state index in [1.807, 2.05) is 19.1 Å². The van der Waals surface area contributed by atoms with E-state index in [9.17, 15) is 14.0 Å². The van der Waals surface area contributed by atoms with Gasteiger partial charge in [0.2, 0.25) is 5.91 Å². The van der Waals surface area contributed by atoms with Crippen LogP contribution in [0, 0.1) is 12.7 Å². The van der Waals surface area contributed by atoms with Crippen LogP contribution in [0.15, 0.2) is 48.5 Å². The van der Waals surface area contributed by atoms with Crippen molar-refractivity contribution < 1.29 is 14.0 Å². The van der Waals surface area contributed by atoms with Crippen molar-refractivity contribution in [3.8, 4) is 0 Å². The second-order valence-corrected chi connectivity index (χ2v) is 5.39. The zero-order chi connectivity index (χ0) is 16.8. The van der Waals surface area contributed by atoms with Gasteiger partial charge < -0.3 is 10.2 Å². The molecule has 0 bridgehead atoms. The topological polar surface area (TPSA) is 49.4 Å². The first-order chi connectivity index (χ1) is 11.0. The van der Waals surface area contributed by atoms with Crippen LogP contribution in [-0.4, -0.2) is 30.3 Å². The van der Waals surface area contributed by atoms with Crippen LogP contribution in [0.1, 0.15) is 21.5 Å². The van der Waals surface area contributed by atoms with Gasteiger partial charge in [-0.2, -0.15) is 0 Å². The van der Waals surface area contributed by atoms with Crippen molar-refractivity contribution in [1.82, 2.24) is 10.2 Å². The zero-order valence-corrected chi connectivity index (χ0v) is 13.2. The normalized spacial score (nSPS) is 10.2. The van der Waals surface area contributed by atoms with Crippen molar-refractivity contribution in [3.63, 3.8) is 0 Å². The highest BCUT2D eigenvalue weighted by atomic mass is 19.1. The van der Waals surface area contributed by atoms with E-state index in [2.05, 4.69) is 5.32 Å². The molecule has 23 heavy (non-hydrogen) atoms. The third kappa shape index (κ3) is 4.64. The highest BCUT2D eigenvalue weighted by Gasteiger charge is 2.13. The summed E-state index contributed by atoms with van der Waals surface area (Å²) in [7, 11) is 1.58. The first kappa shape index (κ1) is 16.7. The van der Waals surface area contributed by atoms with E-state index < -0.39 is 0 Å². The fourth-order valence-corrected chi connectivity index (χ4v) is 2.07. The predicted octanol–water partition coefficient (Wildman–Crippen LogP) is 2.52. The highest BCUT2D eigenvalue weighted by Crippen LogP contribution is 2.09. The van der Waals surface area contributed by atoms with E-state index in [4.69, 9.17) is 0 Å². The minimum Gasteiger partial charge on any atom is -0.343 e. The number of benzene rings is 2. The van der Waals surface area contributed by atoms with Crippen molar-refractivity contribution in [2.75, 3.05) is 13.6 Å². The van der Waals surface area contributed by atoms with Gasteiger partial charge in [0.1, 0.15) is 5.82 Å². The fourth-order valence-electron chi connectivity index (χ4n) is 2.07. The molecule has 0 aliphatic rings. The summed E-state index contributed by atoms with van der Waals surface area (Å²) >= 11 is 0. The molecule has 0 spiro atoms. The van der Waals surface area contributed by atoms with E-state index >= 15 is 0 Å². The predicted molar refractivity (Wildman–Crippen MR) is 86.4 cm³/mol. The van der Waals surface area contributed by atoms with E-state index in [1.54, 1.807) is 37.4 Å². The molecule has 0 unspecified atom stereocenters. The van der Waals surface area contributed by atoms with Crippen LogP contribution in [0.25, 0.3) is 0 Å². The van der Waals surface area contributed by atoms with Gasteiger partial charge in [-0.3, -0.25) is 9.59 Å². The van der Waals surface area contributed by atoms with Gasteiger partial charge in [-0.15, -0.1) is 0 Å². The molecule has 2 amide bonds. The van der Waals surface area contributed by atoms with E-state index in [0.717, 1.165) is 5.56 Å². The Morgan fingerprint density at radius 1 is 1.09 bits per heavy atom. The number of hydrogen-bond donors (Lipinski definition) is 1. The minimum atomic E-state index is -0.351. The number of halogens is 1. The Bertz CT molecular complexity index is 698. The van der Waals surface area contributed by atoms with Crippen molar-refractivity contribution >= 4 is 11.8 Å². The lowest BCUT2D eigenvalue weighted by Gasteiger charge is -2.18. The number of hydrogen-bond acceptors (Lipinski definition) is 2. The Morgan fingerprint density at radius 3 is 2.39 bits per heavy atom. The molecule has 0 aliphatic heterocycles. The molecule has 0 radical (unpaired) electrons. The standard InChI is InChI=1S/C18H19FN2O2/c1-13-7-9-14(10-8-13)18(23)20-11-17(22)21(2)12-15-5-3-4-6-16(15)19/h3-10H,11-12H2,1-2H3,(H,20,23). The third-order valence-corrected chi connectivity index (χ3v) is 3.51. The van der Waals surface area contributed by atoms with Gasteiger partial charge in [0, 0.05) is 24.7 Å². The number of amides is 2. The summed E-state index contributed by atoms with van der Waals surface area (Å²) in [5, 5.41) is 2.58. The fraction of sp³-hybridized carbons (Fsp3) is 0.222. The average Bonchev–Trinajstić information content (AvgIpc) is 2.55. The molecule has 2 aromatic rings. The van der Waals surface area contributed by atoms with Gasteiger partial charge in [-0.25, -0.2) is 4.39 Å². The molecular formula is C18H19FN2O2. The van der Waals surface area contributed by atoms with Crippen LogP contribution in [0.3, 0.4) is 0 Å². The van der Waals surface area contributed by atoms with Gasteiger partial charge in [-0.05, 0) is 25.1 Å². The second kappa shape index (κ2) is 7.54. The van der Waals surface area contributed by atoms with Crippen LogP contribution >= 0.6 is 0 Å². The molecule has 0 aromatic heterocycles. The lowest BCUT2D eigenvalue weighted by molar-refractivity contribution is -0.129. The molecular weight excluding hydrogens is 295 g/mol. The smallest absolute Gasteiger partial charge is 0.251 e. The number of carbonyl (C=O) groups excluding carboxylic acids is 2. The number of carbonyl (C=O) groups is 2. The Kier molecular flexibility index (Phi) is 5.46. The maximum atomic E-state index is 13.6. The average molecular weight is 314 g/mol. The van der Waals surface area contributed by atoms with Crippen LogP contribution in [0.2, 0.25) is 0 Å². The minimum absolute atomic E-state index is 0.127. The summed E-state index contributed by atoms with van der Waals surface area (Å²) in [6.45, 7) is 1.96. The van der Waals surface area contributed by atoms with Gasteiger partial charge in [0.25, 0.3) is 5.91 Å². The largest absolute Gasteiger partial charge is 0.343 e. The Balaban J connectivity index is 1.87. The molecule has 2 rings (SSSR count). The maximum absolute atomic E-state index is 13.6. The quantitative estimate of drug-likeness (QED) is 0.922. The van der Waals surface area contributed by atoms with E-state index in [1.165, 1.54) is 11.0 Å². The molecule has 1 N–H and O–H groups in total. The van der Waals surface area contributed by atoms with Crippen molar-refractivity contribution in [1.29, 1.82) is 0 Å². The molecule has 4 nitrogen and oxygen atoms in total. The first-order valence-corrected chi connectivity index (χ1v) is 7.29. The molecule has 0 atom stereocenters. The monoisotopic (exact) mass is 314 g/mol. The zero-order valence-electron chi connectivity index (χ0n) is 13.2. The van der Waals surface area contributed by atoms with Crippen molar-refractivity contribution in [2.24, 2.45) is 0 Å². The summed E-state index contributed by atoms with van der Waals surface area (Å²) in [6, 6.07) is 13.4. The Morgan fingerprint density at radius 2 is 1.74 bits per heavy atom. The van der Waals surface area contributed by atoms with Gasteiger partial charge in [0.15, 0.2) is 0 Å². The molecule has 0 fully saturated rings. The van der Waals surface area contributed by atoms with E-state index in [-0.39, 0.29) is 30.7 Å². The summed E-state index contributed by atoms with van der Waals surface area (Å²) in [5.74, 6) is -0.942. The lowest BCUT2D eigenvalue weighted by Crippen LogP contribution is -2.37. The summed E-state index contributed by atoms with van der Waals surface area (Å²) in [5.41, 5.74) is 2.00. The number of rotatable bonds is 5. The number of likely N-dealkylation sites (N-methyl/N-ethyl adjacent to an activating group) is 1. The van der Waals surface area contributed by atoms with Gasteiger partial charge in [0.05, 0.1) is 6.54 Å². The van der Waals surface area contributed by atoms with Crippen LogP contribution in [0.5, 0.6) is 0 Å². The SMILES string of the molecule is Cc1ccc(C(=O)NCC(=O)N(C)Cc2ccccc2F)cc1. The Labute approximate surface area is 134 Å². The number of aryl methyl sites for hydroxylation is 1. The molecule has 0 heterocycles. The van der Waals surface area contributed by atoms with Crippen molar-refractivity contribution in [2.45, 2.75) is 13.5 Å². The maximum Gasteiger partial charge on any atom is 0.251 e. The summed E-state index contributed by atoms with van der Waals surface area (Å²) in [6.07, 6.45) is 0. The summed E-state index contributed by atoms with van der Waals surface area (Å²) in [4.78, 5) is 25.4. The van der Waals surface area contributed by atoms with Gasteiger partial charge in [-0.1, -0.05) is 35.9 Å². The van der Waals surface area contributed by atoms with E-state index in [0.29, 0.717) is 11.1 Å². The second-order valence-electron chi connectivity index (χ2n) is 5.39. The van der Waals surface area contributed by atoms with Gasteiger partial charge >= 0.3 is 0 Å². The molecule has 120 valence electrons. The number of nitrogens with one attached hydrogen (secondary N) is 1. The molecule has 0 saturated heterocycles. The summed E-state index contributed by atoms with van der Waals surface area (Å²) < 4.78 is 13.6. The highest BCUT2D eigenvalue weighted by molar-refractivity contribution is 5.96. The van der Waals surface area contributed by atoms with Crippen LogP contribution in [-0.2, 0) is 11.3 Å². The number of nitrogens with zero attached hydrogens (tertiary/aromatic N) is 1. The molecule has 2 aromatic carbocycles. The van der Waals surface area contributed by atoms with Crippen LogP contribution < -0.4 is 5.32 Å². The lowest BCUT2D eigenvalue weighted by atomic mass is 10.1. The first-order valence-electron chi connectivity index (χ1n) is 7.29.